The van der Waals surface area contributed by atoms with E-state index in [9.17, 15) is 4.79 Å². The maximum atomic E-state index is 10.1. The molecule has 0 atom stereocenters. The van der Waals surface area contributed by atoms with Crippen molar-refractivity contribution in [2.45, 2.75) is 20.8 Å². The molecule has 0 saturated heterocycles. The molecule has 4 heteroatoms. The van der Waals surface area contributed by atoms with Crippen molar-refractivity contribution in [2.24, 2.45) is 4.99 Å². The Bertz CT molecular complexity index is 335. The van der Waals surface area contributed by atoms with Crippen LogP contribution in [-0.4, -0.2) is 23.1 Å². The van der Waals surface area contributed by atoms with Gasteiger partial charge in [-0.3, -0.25) is 5.41 Å². The molecule has 0 aromatic rings. The van der Waals surface area contributed by atoms with Crippen LogP contribution in [0.15, 0.2) is 41.4 Å². The first-order valence-electron chi connectivity index (χ1n) is 4.58. The molecule has 0 bridgehead atoms. The zero-order valence-corrected chi connectivity index (χ0v) is 9.95. The number of carbonyl (C=O) groups is 1. The minimum Gasteiger partial charge on any atom is -0.478 e. The summed E-state index contributed by atoms with van der Waals surface area (Å²) in [6.07, 6.45) is 3.69. The molecule has 0 radical (unpaired) electrons. The predicted molar refractivity (Wildman–Crippen MR) is 68.3 cm³/mol. The van der Waals surface area contributed by atoms with Crippen molar-refractivity contribution in [3.8, 4) is 0 Å². The third-order valence-electron chi connectivity index (χ3n) is 1.02. The van der Waals surface area contributed by atoms with Gasteiger partial charge < -0.3 is 5.11 Å². The fourth-order valence-corrected chi connectivity index (χ4v) is 0.483. The summed E-state index contributed by atoms with van der Waals surface area (Å²) in [5, 5.41) is 15.5. The average Bonchev–Trinajstić information content (AvgIpc) is 2.12. The first kappa shape index (κ1) is 16.5. The van der Waals surface area contributed by atoms with Crippen LogP contribution < -0.4 is 0 Å². The van der Waals surface area contributed by atoms with E-state index in [1.54, 1.807) is 0 Å². The van der Waals surface area contributed by atoms with Gasteiger partial charge in [0.2, 0.25) is 0 Å². The lowest BCUT2D eigenvalue weighted by atomic mass is 10.2. The van der Waals surface area contributed by atoms with Gasteiger partial charge in [-0.1, -0.05) is 18.2 Å². The fraction of sp³-hybridized carbons (Fsp3) is 0.250. The van der Waals surface area contributed by atoms with Crippen LogP contribution in [0.1, 0.15) is 20.8 Å². The number of nitrogens with zero attached hydrogens (tertiary/aromatic N) is 1. The van der Waals surface area contributed by atoms with Crippen LogP contribution in [0.25, 0.3) is 0 Å². The maximum absolute atomic E-state index is 10.1. The largest absolute Gasteiger partial charge is 0.478 e. The van der Waals surface area contributed by atoms with Crippen LogP contribution in [0.4, 0.5) is 0 Å². The summed E-state index contributed by atoms with van der Waals surface area (Å²) < 4.78 is 0. The maximum Gasteiger partial charge on any atom is 0.328 e. The van der Waals surface area contributed by atoms with Gasteiger partial charge in [-0.15, -0.1) is 6.58 Å². The molecule has 0 unspecified atom stereocenters. The van der Waals surface area contributed by atoms with Gasteiger partial charge in [0, 0.05) is 17.9 Å². The zero-order valence-electron chi connectivity index (χ0n) is 9.95. The highest BCUT2D eigenvalue weighted by atomic mass is 16.4. The van der Waals surface area contributed by atoms with E-state index in [-0.39, 0.29) is 5.84 Å². The molecule has 0 saturated carbocycles. The first-order valence-corrected chi connectivity index (χ1v) is 4.58. The van der Waals surface area contributed by atoms with Crippen LogP contribution in [0.2, 0.25) is 0 Å². The Kier molecular flexibility index (Phi) is 9.85. The van der Waals surface area contributed by atoms with E-state index < -0.39 is 5.97 Å². The van der Waals surface area contributed by atoms with Crippen molar-refractivity contribution in [1.29, 1.82) is 5.41 Å². The Balaban J connectivity index is 0. The molecule has 0 aliphatic rings. The van der Waals surface area contributed by atoms with Gasteiger partial charge >= 0.3 is 5.97 Å². The molecule has 88 valence electrons. The smallest absolute Gasteiger partial charge is 0.328 e. The summed E-state index contributed by atoms with van der Waals surface area (Å²) in [7, 11) is 0. The van der Waals surface area contributed by atoms with E-state index in [0.717, 1.165) is 6.08 Å². The Morgan fingerprint density at radius 3 is 2.12 bits per heavy atom. The number of aliphatic imine (C=N–C) groups is 1. The second-order valence-corrected chi connectivity index (χ2v) is 3.24. The van der Waals surface area contributed by atoms with E-state index in [4.69, 9.17) is 10.5 Å². The minimum atomic E-state index is -1.08. The minimum absolute atomic E-state index is 0.0719. The molecular formula is C12H18N2O2. The second kappa shape index (κ2) is 9.58. The van der Waals surface area contributed by atoms with E-state index in [1.807, 2.05) is 13.8 Å². The van der Waals surface area contributed by atoms with Crippen molar-refractivity contribution in [3.05, 3.63) is 36.5 Å². The number of aliphatic carboxylic acids is 1. The zero-order chi connectivity index (χ0) is 13.1. The number of hydrogen-bond donors (Lipinski definition) is 2. The predicted octanol–water partition coefficient (Wildman–Crippen LogP) is 2.83. The molecule has 4 nitrogen and oxygen atoms in total. The number of rotatable bonds is 3. The summed E-state index contributed by atoms with van der Waals surface area (Å²) in [6, 6.07) is 0. The molecule has 0 fully saturated rings. The van der Waals surface area contributed by atoms with Gasteiger partial charge in [0.1, 0.15) is 5.84 Å². The lowest BCUT2D eigenvalue weighted by Gasteiger charge is -1.93. The summed E-state index contributed by atoms with van der Waals surface area (Å²) in [5.41, 5.74) is 1.47. The van der Waals surface area contributed by atoms with Crippen LogP contribution in [0, 0.1) is 5.41 Å². The molecule has 0 amide bonds. The van der Waals surface area contributed by atoms with E-state index >= 15 is 0 Å². The molecule has 2 N–H and O–H groups in total. The van der Waals surface area contributed by atoms with Gasteiger partial charge in [0.05, 0.1) is 0 Å². The monoisotopic (exact) mass is 222 g/mol. The van der Waals surface area contributed by atoms with E-state index in [0.29, 0.717) is 5.57 Å². The van der Waals surface area contributed by atoms with Gasteiger partial charge in [-0.2, -0.15) is 0 Å². The summed E-state index contributed by atoms with van der Waals surface area (Å²) in [6.45, 7) is 12.4. The molecule has 0 spiro atoms. The van der Waals surface area contributed by atoms with Crippen LogP contribution in [-0.2, 0) is 4.79 Å². The van der Waals surface area contributed by atoms with Gasteiger partial charge in [0.25, 0.3) is 0 Å². The van der Waals surface area contributed by atoms with Crippen molar-refractivity contribution in [1.82, 2.24) is 0 Å². The van der Waals surface area contributed by atoms with Crippen molar-refractivity contribution in [3.63, 3.8) is 0 Å². The number of carboxylic acids is 1. The van der Waals surface area contributed by atoms with Crippen molar-refractivity contribution >= 4 is 18.0 Å². The lowest BCUT2D eigenvalue weighted by Crippen LogP contribution is -1.98. The highest BCUT2D eigenvalue weighted by Gasteiger charge is 1.98. The number of carboxylic acid groups (broad SMARTS) is 1. The molecule has 0 aromatic heterocycles. The van der Waals surface area contributed by atoms with E-state index in [1.165, 1.54) is 24.8 Å². The summed E-state index contributed by atoms with van der Waals surface area (Å²) in [4.78, 5) is 13.7. The fourth-order valence-electron chi connectivity index (χ4n) is 0.483. The van der Waals surface area contributed by atoms with Gasteiger partial charge in [-0.25, -0.2) is 9.79 Å². The first-order chi connectivity index (χ1) is 7.31. The van der Waals surface area contributed by atoms with Crippen LogP contribution >= 0.6 is 0 Å². The quantitative estimate of drug-likeness (QED) is 0.333. The van der Waals surface area contributed by atoms with Crippen molar-refractivity contribution in [2.75, 3.05) is 0 Å². The molecule has 0 rings (SSSR count). The van der Waals surface area contributed by atoms with Crippen LogP contribution in [0.3, 0.4) is 0 Å². The third kappa shape index (κ3) is 14.5. The molecule has 0 aliphatic carbocycles. The lowest BCUT2D eigenvalue weighted by molar-refractivity contribution is -0.131. The molecule has 16 heavy (non-hydrogen) atoms. The molecule has 0 aromatic carbocycles. The van der Waals surface area contributed by atoms with Gasteiger partial charge in [-0.05, 0) is 20.8 Å². The second-order valence-electron chi connectivity index (χ2n) is 3.24. The molecule has 0 heterocycles. The van der Waals surface area contributed by atoms with Gasteiger partial charge in [0.15, 0.2) is 0 Å². The molecular weight excluding hydrogens is 204 g/mol. The third-order valence-corrected chi connectivity index (χ3v) is 1.02. The normalized spacial score (nSPS) is 10.3. The number of allylic oxidation sites excluding steroid dienone is 2. The van der Waals surface area contributed by atoms with Crippen molar-refractivity contribution < 1.29 is 9.90 Å². The average molecular weight is 222 g/mol. The highest BCUT2D eigenvalue weighted by Crippen LogP contribution is 1.95. The Morgan fingerprint density at radius 1 is 1.38 bits per heavy atom. The highest BCUT2D eigenvalue weighted by molar-refractivity contribution is 6.04. The Labute approximate surface area is 96.2 Å². The number of amidine groups is 1. The number of hydrogen-bond acceptors (Lipinski definition) is 2. The van der Waals surface area contributed by atoms with Crippen LogP contribution in [0.5, 0.6) is 0 Å². The summed E-state index contributed by atoms with van der Waals surface area (Å²) in [5.74, 6) is -1.15. The summed E-state index contributed by atoms with van der Waals surface area (Å²) >= 11 is 0. The molecule has 0 aliphatic heterocycles. The van der Waals surface area contributed by atoms with E-state index in [2.05, 4.69) is 18.2 Å². The Hall–Kier alpha value is -1.97. The Morgan fingerprint density at radius 2 is 1.81 bits per heavy atom. The SMILES string of the molecule is C=C(C)C.C=CC=NC(=N)/C(C)=C/C(=O)O. The standard InChI is InChI=1S/C8H10N2O2.C4H8/c1-3-4-10-8(9)6(2)5-7(11)12;1-4(2)3/h3-5,9H,1H2,2H3,(H,11,12);1H2,2-3H3/b6-5+,9-8?,10-4?;. The number of nitrogens with one attached hydrogen (secondary N) is 1. The topological polar surface area (TPSA) is 73.5 Å².